The molecule has 1 heterocycles. The van der Waals surface area contributed by atoms with E-state index < -0.39 is 5.82 Å². The maximum atomic E-state index is 13.5. The number of hydrogen-bond acceptors (Lipinski definition) is 1. The molecular formula is C9H8ClFN2O. The Morgan fingerprint density at radius 1 is 1.50 bits per heavy atom. The van der Waals surface area contributed by atoms with Crippen LogP contribution in [-0.2, 0) is 0 Å². The van der Waals surface area contributed by atoms with Gasteiger partial charge in [0, 0.05) is 12.1 Å². The predicted octanol–water partition coefficient (Wildman–Crippen LogP) is 1.83. The van der Waals surface area contributed by atoms with Crippen LogP contribution < -0.4 is 10.6 Å². The fourth-order valence-electron chi connectivity index (χ4n) is 1.43. The first-order valence-electron chi connectivity index (χ1n) is 4.17. The summed E-state index contributed by atoms with van der Waals surface area (Å²) in [7, 11) is 0. The van der Waals surface area contributed by atoms with Crippen molar-refractivity contribution < 1.29 is 9.18 Å². The number of hydrogen-bond donors (Lipinski definition) is 2. The van der Waals surface area contributed by atoms with Gasteiger partial charge >= 0.3 is 6.03 Å². The van der Waals surface area contributed by atoms with Crippen LogP contribution in [0.4, 0.5) is 9.18 Å². The quantitative estimate of drug-likeness (QED) is 0.736. The SMILES string of the molecule is O=C1NC[C@@H](c2cccc(Cl)c2F)N1. The lowest BCUT2D eigenvalue weighted by Gasteiger charge is -2.10. The molecule has 0 aliphatic carbocycles. The zero-order valence-corrected chi connectivity index (χ0v) is 7.94. The summed E-state index contributed by atoms with van der Waals surface area (Å²) in [4.78, 5) is 10.8. The molecule has 1 fully saturated rings. The number of benzene rings is 1. The van der Waals surface area contributed by atoms with Gasteiger partial charge in [-0.3, -0.25) is 0 Å². The van der Waals surface area contributed by atoms with E-state index in [1.165, 1.54) is 6.07 Å². The second-order valence-electron chi connectivity index (χ2n) is 3.05. The predicted molar refractivity (Wildman–Crippen MR) is 50.7 cm³/mol. The average molecular weight is 215 g/mol. The molecule has 2 rings (SSSR count). The molecule has 0 radical (unpaired) electrons. The molecular weight excluding hydrogens is 207 g/mol. The van der Waals surface area contributed by atoms with E-state index in [1.54, 1.807) is 12.1 Å². The van der Waals surface area contributed by atoms with Crippen molar-refractivity contribution in [2.45, 2.75) is 6.04 Å². The first-order chi connectivity index (χ1) is 6.68. The number of carbonyl (C=O) groups is 1. The first kappa shape index (κ1) is 9.27. The molecule has 2 N–H and O–H groups in total. The summed E-state index contributed by atoms with van der Waals surface area (Å²) in [5.41, 5.74) is 0.413. The van der Waals surface area contributed by atoms with Gasteiger partial charge in [-0.2, -0.15) is 0 Å². The Bertz CT molecular complexity index is 383. The average Bonchev–Trinajstić information content (AvgIpc) is 2.57. The summed E-state index contributed by atoms with van der Waals surface area (Å²) in [6.07, 6.45) is 0. The van der Waals surface area contributed by atoms with Gasteiger partial charge in [0.15, 0.2) is 0 Å². The van der Waals surface area contributed by atoms with Crippen molar-refractivity contribution in [1.82, 2.24) is 10.6 Å². The Labute approximate surface area is 85.3 Å². The number of carbonyl (C=O) groups excluding carboxylic acids is 1. The largest absolute Gasteiger partial charge is 0.336 e. The monoisotopic (exact) mass is 214 g/mol. The van der Waals surface area contributed by atoms with Gasteiger partial charge in [0.1, 0.15) is 5.82 Å². The van der Waals surface area contributed by atoms with Gasteiger partial charge in [0.25, 0.3) is 0 Å². The van der Waals surface area contributed by atoms with Crippen molar-refractivity contribution in [2.24, 2.45) is 0 Å². The summed E-state index contributed by atoms with van der Waals surface area (Å²) in [5, 5.41) is 5.22. The molecule has 2 amide bonds. The third kappa shape index (κ3) is 1.53. The molecule has 1 aromatic rings. The van der Waals surface area contributed by atoms with E-state index in [2.05, 4.69) is 10.6 Å². The number of halogens is 2. The van der Waals surface area contributed by atoms with E-state index in [9.17, 15) is 9.18 Å². The Morgan fingerprint density at radius 2 is 2.29 bits per heavy atom. The summed E-state index contributed by atoms with van der Waals surface area (Å²) in [6.45, 7) is 0.385. The van der Waals surface area contributed by atoms with Gasteiger partial charge in [0.2, 0.25) is 0 Å². The molecule has 5 heteroatoms. The van der Waals surface area contributed by atoms with Crippen LogP contribution in [0.5, 0.6) is 0 Å². The van der Waals surface area contributed by atoms with Gasteiger partial charge < -0.3 is 10.6 Å². The summed E-state index contributed by atoms with van der Waals surface area (Å²) in [5.74, 6) is -0.469. The Morgan fingerprint density at radius 3 is 2.93 bits per heavy atom. The van der Waals surface area contributed by atoms with E-state index >= 15 is 0 Å². The molecule has 14 heavy (non-hydrogen) atoms. The fraction of sp³-hybridized carbons (Fsp3) is 0.222. The molecule has 1 aromatic carbocycles. The standard InChI is InChI=1S/C9H8ClFN2O/c10-6-3-1-2-5(8(6)11)7-4-12-9(14)13-7/h1-3,7H,4H2,(H2,12,13,14)/t7-/m0/s1. The smallest absolute Gasteiger partial charge is 0.315 e. The third-order valence-electron chi connectivity index (χ3n) is 2.13. The molecule has 3 nitrogen and oxygen atoms in total. The molecule has 0 saturated carbocycles. The van der Waals surface area contributed by atoms with E-state index in [4.69, 9.17) is 11.6 Å². The molecule has 0 unspecified atom stereocenters. The Kier molecular flexibility index (Phi) is 2.29. The maximum absolute atomic E-state index is 13.5. The second kappa shape index (κ2) is 3.46. The summed E-state index contributed by atoms with van der Waals surface area (Å²) < 4.78 is 13.5. The van der Waals surface area contributed by atoms with Crippen molar-refractivity contribution in [3.63, 3.8) is 0 Å². The van der Waals surface area contributed by atoms with E-state index in [0.29, 0.717) is 12.1 Å². The Balaban J connectivity index is 2.32. The van der Waals surface area contributed by atoms with Gasteiger partial charge in [-0.05, 0) is 6.07 Å². The first-order valence-corrected chi connectivity index (χ1v) is 4.54. The lowest BCUT2D eigenvalue weighted by Crippen LogP contribution is -2.22. The minimum atomic E-state index is -0.469. The van der Waals surface area contributed by atoms with Crippen molar-refractivity contribution in [3.05, 3.63) is 34.6 Å². The lowest BCUT2D eigenvalue weighted by atomic mass is 10.1. The number of urea groups is 1. The number of nitrogens with one attached hydrogen (secondary N) is 2. The van der Waals surface area contributed by atoms with Crippen LogP contribution >= 0.6 is 11.6 Å². The van der Waals surface area contributed by atoms with E-state index in [0.717, 1.165) is 0 Å². The van der Waals surface area contributed by atoms with Gasteiger partial charge in [-0.1, -0.05) is 23.7 Å². The van der Waals surface area contributed by atoms with Gasteiger partial charge in [-0.15, -0.1) is 0 Å². The lowest BCUT2D eigenvalue weighted by molar-refractivity contribution is 0.247. The number of rotatable bonds is 1. The fourth-order valence-corrected chi connectivity index (χ4v) is 1.61. The highest BCUT2D eigenvalue weighted by atomic mass is 35.5. The van der Waals surface area contributed by atoms with Crippen LogP contribution in [-0.4, -0.2) is 12.6 Å². The highest BCUT2D eigenvalue weighted by Crippen LogP contribution is 2.24. The highest BCUT2D eigenvalue weighted by molar-refractivity contribution is 6.30. The molecule has 74 valence electrons. The highest BCUT2D eigenvalue weighted by Gasteiger charge is 2.24. The minimum absolute atomic E-state index is 0.0728. The van der Waals surface area contributed by atoms with Crippen LogP contribution in [0.3, 0.4) is 0 Å². The van der Waals surface area contributed by atoms with Crippen LogP contribution in [0, 0.1) is 5.82 Å². The molecule has 1 aliphatic rings. The summed E-state index contributed by atoms with van der Waals surface area (Å²) >= 11 is 5.62. The van der Waals surface area contributed by atoms with Gasteiger partial charge in [-0.25, -0.2) is 9.18 Å². The molecule has 0 spiro atoms. The number of amides is 2. The van der Waals surface area contributed by atoms with Crippen molar-refractivity contribution in [1.29, 1.82) is 0 Å². The van der Waals surface area contributed by atoms with Crippen LogP contribution in [0.25, 0.3) is 0 Å². The minimum Gasteiger partial charge on any atom is -0.336 e. The molecule has 1 aliphatic heterocycles. The van der Waals surface area contributed by atoms with Crippen molar-refractivity contribution >= 4 is 17.6 Å². The normalized spacial score (nSPS) is 20.4. The molecule has 0 aromatic heterocycles. The van der Waals surface area contributed by atoms with Crippen LogP contribution in [0.1, 0.15) is 11.6 Å². The zero-order valence-electron chi connectivity index (χ0n) is 7.18. The third-order valence-corrected chi connectivity index (χ3v) is 2.42. The second-order valence-corrected chi connectivity index (χ2v) is 3.46. The van der Waals surface area contributed by atoms with E-state index in [1.807, 2.05) is 0 Å². The summed E-state index contributed by atoms with van der Waals surface area (Å²) in [6, 6.07) is 4.13. The van der Waals surface area contributed by atoms with Gasteiger partial charge in [0.05, 0.1) is 11.1 Å². The Hall–Kier alpha value is -1.29. The molecule has 1 saturated heterocycles. The van der Waals surface area contributed by atoms with Crippen LogP contribution in [0.2, 0.25) is 5.02 Å². The molecule has 0 bridgehead atoms. The maximum Gasteiger partial charge on any atom is 0.315 e. The van der Waals surface area contributed by atoms with E-state index in [-0.39, 0.29) is 17.1 Å². The molecule has 1 atom stereocenters. The zero-order chi connectivity index (χ0) is 10.1. The van der Waals surface area contributed by atoms with Crippen molar-refractivity contribution in [2.75, 3.05) is 6.54 Å². The topological polar surface area (TPSA) is 41.1 Å². The van der Waals surface area contributed by atoms with Crippen molar-refractivity contribution in [3.8, 4) is 0 Å². The van der Waals surface area contributed by atoms with Crippen LogP contribution in [0.15, 0.2) is 18.2 Å².